The summed E-state index contributed by atoms with van der Waals surface area (Å²) in [7, 11) is 0. The summed E-state index contributed by atoms with van der Waals surface area (Å²) < 4.78 is 10.4. The highest BCUT2D eigenvalue weighted by Crippen LogP contribution is 2.22. The van der Waals surface area contributed by atoms with E-state index in [1.165, 1.54) is 12.1 Å². The fourth-order valence-electron chi connectivity index (χ4n) is 3.31. The molecule has 0 aliphatic carbocycles. The predicted molar refractivity (Wildman–Crippen MR) is 106 cm³/mol. The van der Waals surface area contributed by atoms with E-state index in [0.717, 1.165) is 19.3 Å². The van der Waals surface area contributed by atoms with Gasteiger partial charge in [0.05, 0.1) is 5.56 Å². The number of likely N-dealkylation sites (tertiary alicyclic amines) is 1. The summed E-state index contributed by atoms with van der Waals surface area (Å²) in [5.74, 6) is -0.745. The highest BCUT2D eigenvalue weighted by Gasteiger charge is 2.29. The second kappa shape index (κ2) is 9.08. The highest BCUT2D eigenvalue weighted by atomic mass is 16.6. The van der Waals surface area contributed by atoms with Crippen molar-refractivity contribution < 1.29 is 23.9 Å². The topological polar surface area (TPSA) is 84.9 Å². The van der Waals surface area contributed by atoms with Crippen LogP contribution in [0.25, 0.3) is 0 Å². The Kier molecular flexibility index (Phi) is 7.05. The summed E-state index contributed by atoms with van der Waals surface area (Å²) in [6.45, 7) is 9.10. The number of anilines is 1. The molecular formula is C21H30N2O5. The Hall–Kier alpha value is -2.57. The van der Waals surface area contributed by atoms with E-state index < -0.39 is 17.7 Å². The molecule has 154 valence electrons. The second-order valence-corrected chi connectivity index (χ2v) is 8.21. The lowest BCUT2D eigenvalue weighted by molar-refractivity contribution is -0.140. The number of benzene rings is 1. The number of carbonyl (C=O) groups excluding carboxylic acids is 3. The van der Waals surface area contributed by atoms with Crippen LogP contribution in [0.2, 0.25) is 0 Å². The van der Waals surface area contributed by atoms with Crippen molar-refractivity contribution in [2.24, 2.45) is 0 Å². The number of ether oxygens (including phenoxy) is 2. The van der Waals surface area contributed by atoms with Crippen LogP contribution in [0, 0.1) is 0 Å². The van der Waals surface area contributed by atoms with Crippen molar-refractivity contribution in [1.29, 1.82) is 0 Å². The summed E-state index contributed by atoms with van der Waals surface area (Å²) in [4.78, 5) is 38.2. The molecule has 0 radical (unpaired) electrons. The van der Waals surface area contributed by atoms with E-state index in [-0.39, 0.29) is 24.6 Å². The number of nitrogens with zero attached hydrogens (tertiary/aromatic N) is 1. The third kappa shape index (κ3) is 6.25. The zero-order valence-corrected chi connectivity index (χ0v) is 17.3. The molecular weight excluding hydrogens is 360 g/mol. The predicted octanol–water partition coefficient (Wildman–Crippen LogP) is 3.98. The first kappa shape index (κ1) is 21.7. The average Bonchev–Trinajstić information content (AvgIpc) is 2.58. The third-order valence-electron chi connectivity index (χ3n) is 4.57. The molecule has 1 aliphatic rings. The monoisotopic (exact) mass is 390 g/mol. The molecule has 7 heteroatoms. The van der Waals surface area contributed by atoms with E-state index in [1.807, 2.05) is 18.7 Å². The van der Waals surface area contributed by atoms with Crippen LogP contribution in [0.5, 0.6) is 0 Å². The van der Waals surface area contributed by atoms with Gasteiger partial charge in [-0.3, -0.25) is 10.1 Å². The van der Waals surface area contributed by atoms with Crippen LogP contribution >= 0.6 is 0 Å². The van der Waals surface area contributed by atoms with Gasteiger partial charge in [0.1, 0.15) is 5.60 Å². The minimum absolute atomic E-state index is 0.160. The van der Waals surface area contributed by atoms with Crippen molar-refractivity contribution in [3.63, 3.8) is 0 Å². The van der Waals surface area contributed by atoms with Crippen LogP contribution in [-0.4, -0.2) is 47.2 Å². The normalized spacial score (nSPS) is 19.7. The third-order valence-corrected chi connectivity index (χ3v) is 4.57. The number of nitrogens with one attached hydrogen (secondary N) is 1. The van der Waals surface area contributed by atoms with Crippen molar-refractivity contribution in [1.82, 2.24) is 4.90 Å². The maximum absolute atomic E-state index is 12.4. The zero-order valence-electron chi connectivity index (χ0n) is 17.3. The Labute approximate surface area is 166 Å². The summed E-state index contributed by atoms with van der Waals surface area (Å²) in [5.41, 5.74) is 0.212. The molecule has 7 nitrogen and oxygen atoms in total. The molecule has 0 saturated carbocycles. The Morgan fingerprint density at radius 2 is 1.64 bits per heavy atom. The number of piperidine rings is 1. The van der Waals surface area contributed by atoms with Crippen molar-refractivity contribution in [3.05, 3.63) is 29.8 Å². The molecule has 0 bridgehead atoms. The van der Waals surface area contributed by atoms with Crippen LogP contribution in [-0.2, 0) is 14.3 Å². The second-order valence-electron chi connectivity index (χ2n) is 8.21. The van der Waals surface area contributed by atoms with Crippen LogP contribution in [0.1, 0.15) is 64.2 Å². The first-order valence-corrected chi connectivity index (χ1v) is 9.65. The quantitative estimate of drug-likeness (QED) is 0.786. The average molecular weight is 390 g/mol. The zero-order chi connectivity index (χ0) is 20.9. The fourth-order valence-corrected chi connectivity index (χ4v) is 3.31. The molecule has 28 heavy (non-hydrogen) atoms. The van der Waals surface area contributed by atoms with E-state index in [4.69, 9.17) is 9.47 Å². The van der Waals surface area contributed by atoms with Crippen LogP contribution in [0.3, 0.4) is 0 Å². The van der Waals surface area contributed by atoms with E-state index in [0.29, 0.717) is 11.3 Å². The molecule has 2 rings (SSSR count). The molecule has 0 aromatic heterocycles. The van der Waals surface area contributed by atoms with Gasteiger partial charge < -0.3 is 14.4 Å². The van der Waals surface area contributed by atoms with Gasteiger partial charge in [-0.15, -0.1) is 0 Å². The molecule has 2 amide bonds. The van der Waals surface area contributed by atoms with Gasteiger partial charge in [-0.1, -0.05) is 0 Å². The molecule has 2 atom stereocenters. The molecule has 0 spiro atoms. The molecule has 1 aromatic rings. The van der Waals surface area contributed by atoms with Gasteiger partial charge in [0.15, 0.2) is 6.61 Å². The maximum Gasteiger partial charge on any atom is 0.412 e. The van der Waals surface area contributed by atoms with Gasteiger partial charge in [0.25, 0.3) is 5.91 Å². The number of hydrogen-bond acceptors (Lipinski definition) is 5. The minimum atomic E-state index is -0.594. The standard InChI is InChI=1S/C21H30N2O5/c1-14-7-6-8-15(2)23(14)18(24)13-27-19(25)16-9-11-17(12-10-16)22-20(26)28-21(3,4)5/h9-12,14-15H,6-8,13H2,1-5H3,(H,22,26)/t14-,15-/m1/s1. The van der Waals surface area contributed by atoms with E-state index >= 15 is 0 Å². The van der Waals surface area contributed by atoms with Gasteiger partial charge in [0.2, 0.25) is 0 Å². The summed E-state index contributed by atoms with van der Waals surface area (Å²) in [6, 6.07) is 6.55. The number of carbonyl (C=O) groups is 3. The number of hydrogen-bond donors (Lipinski definition) is 1. The van der Waals surface area contributed by atoms with Crippen LogP contribution < -0.4 is 5.32 Å². The molecule has 1 N–H and O–H groups in total. The lowest BCUT2D eigenvalue weighted by atomic mass is 9.97. The smallest absolute Gasteiger partial charge is 0.412 e. The number of rotatable bonds is 4. The Morgan fingerprint density at radius 3 is 2.18 bits per heavy atom. The molecule has 1 aromatic carbocycles. The van der Waals surface area contributed by atoms with Crippen molar-refractivity contribution in [2.75, 3.05) is 11.9 Å². The van der Waals surface area contributed by atoms with Crippen LogP contribution in [0.15, 0.2) is 24.3 Å². The molecule has 1 aliphatic heterocycles. The number of amides is 2. The summed E-state index contributed by atoms with van der Waals surface area (Å²) in [5, 5.41) is 2.59. The Balaban J connectivity index is 1.87. The van der Waals surface area contributed by atoms with Crippen LogP contribution in [0.4, 0.5) is 10.5 Å². The SMILES string of the molecule is C[C@@H]1CCC[C@@H](C)N1C(=O)COC(=O)c1ccc(NC(=O)OC(C)(C)C)cc1. The largest absolute Gasteiger partial charge is 0.452 e. The molecule has 1 fully saturated rings. The lowest BCUT2D eigenvalue weighted by Crippen LogP contribution is -2.49. The summed E-state index contributed by atoms with van der Waals surface area (Å²) >= 11 is 0. The lowest BCUT2D eigenvalue weighted by Gasteiger charge is -2.38. The van der Waals surface area contributed by atoms with Crippen molar-refractivity contribution >= 4 is 23.7 Å². The molecule has 0 unspecified atom stereocenters. The number of esters is 1. The van der Waals surface area contributed by atoms with Gasteiger partial charge >= 0.3 is 12.1 Å². The van der Waals surface area contributed by atoms with Gasteiger partial charge in [0, 0.05) is 17.8 Å². The highest BCUT2D eigenvalue weighted by molar-refractivity contribution is 5.92. The van der Waals surface area contributed by atoms with Gasteiger partial charge in [-0.25, -0.2) is 9.59 Å². The van der Waals surface area contributed by atoms with E-state index in [9.17, 15) is 14.4 Å². The Bertz CT molecular complexity index is 699. The Morgan fingerprint density at radius 1 is 1.07 bits per heavy atom. The fraction of sp³-hybridized carbons (Fsp3) is 0.571. The van der Waals surface area contributed by atoms with Gasteiger partial charge in [-0.2, -0.15) is 0 Å². The van der Waals surface area contributed by atoms with E-state index in [1.54, 1.807) is 32.9 Å². The summed E-state index contributed by atoms with van der Waals surface area (Å²) in [6.07, 6.45) is 2.47. The van der Waals surface area contributed by atoms with Crippen molar-refractivity contribution in [3.8, 4) is 0 Å². The minimum Gasteiger partial charge on any atom is -0.452 e. The molecule has 1 saturated heterocycles. The maximum atomic E-state index is 12.4. The molecule has 1 heterocycles. The van der Waals surface area contributed by atoms with Gasteiger partial charge in [-0.05, 0) is 78.1 Å². The first-order valence-electron chi connectivity index (χ1n) is 9.65. The van der Waals surface area contributed by atoms with E-state index in [2.05, 4.69) is 5.32 Å². The van der Waals surface area contributed by atoms with Crippen molar-refractivity contribution in [2.45, 2.75) is 71.6 Å². The first-order chi connectivity index (χ1) is 13.1.